The molecule has 4 nitrogen and oxygen atoms in total. The molecule has 2 rings (SSSR count). The van der Waals surface area contributed by atoms with Crippen LogP contribution in [0.3, 0.4) is 0 Å². The van der Waals surface area contributed by atoms with Gasteiger partial charge in [0.05, 0.1) is 7.11 Å². The molecule has 0 aromatic heterocycles. The number of carbonyl (C=O) groups is 1. The van der Waals surface area contributed by atoms with Crippen molar-refractivity contribution in [2.45, 2.75) is 26.2 Å². The van der Waals surface area contributed by atoms with Crippen molar-refractivity contribution in [3.63, 3.8) is 0 Å². The second-order valence-electron chi connectivity index (χ2n) is 6.06. The molecule has 0 unspecified atom stereocenters. The van der Waals surface area contributed by atoms with E-state index in [-0.39, 0.29) is 17.9 Å². The molecule has 0 spiro atoms. The molecule has 0 bridgehead atoms. The van der Waals surface area contributed by atoms with Crippen LogP contribution in [0.15, 0.2) is 24.3 Å². The zero-order valence-corrected chi connectivity index (χ0v) is 14.5. The minimum absolute atomic E-state index is 0.0172. The Morgan fingerprint density at radius 3 is 2.70 bits per heavy atom. The van der Waals surface area contributed by atoms with Crippen molar-refractivity contribution >= 4 is 23.6 Å². The molecule has 1 aliphatic heterocycles. The minimum atomic E-state index is -0.0188. The zero-order valence-electron chi connectivity index (χ0n) is 13.7. The Morgan fingerprint density at radius 2 is 2.13 bits per heavy atom. The Kier molecular flexibility index (Phi) is 6.08. The van der Waals surface area contributed by atoms with Gasteiger partial charge in [0.2, 0.25) is 5.91 Å². The highest BCUT2D eigenvalue weighted by Gasteiger charge is 2.33. The standard InChI is InChI=1S/C18H24ClNO3/c1-3-18(13-21)8-10-20(11-9-18)17(22)7-4-14-12-15(19)5-6-16(14)23-2/h4-7,12,21H,3,8-11,13H2,1-2H3/b7-4+. The van der Waals surface area contributed by atoms with Crippen molar-refractivity contribution < 1.29 is 14.6 Å². The van der Waals surface area contributed by atoms with Crippen molar-refractivity contribution in [3.8, 4) is 5.75 Å². The maximum absolute atomic E-state index is 12.3. The van der Waals surface area contributed by atoms with Gasteiger partial charge in [-0.1, -0.05) is 18.5 Å². The van der Waals surface area contributed by atoms with Crippen LogP contribution in [-0.2, 0) is 4.79 Å². The third-order valence-corrected chi connectivity index (χ3v) is 5.05. The lowest BCUT2D eigenvalue weighted by Crippen LogP contribution is -2.43. The van der Waals surface area contributed by atoms with Gasteiger partial charge in [-0.25, -0.2) is 0 Å². The molecule has 23 heavy (non-hydrogen) atoms. The highest BCUT2D eigenvalue weighted by Crippen LogP contribution is 2.34. The molecular formula is C18H24ClNO3. The lowest BCUT2D eigenvalue weighted by Gasteiger charge is -2.39. The predicted molar refractivity (Wildman–Crippen MR) is 92.7 cm³/mol. The van der Waals surface area contributed by atoms with Gasteiger partial charge in [0.25, 0.3) is 0 Å². The molecule has 0 radical (unpaired) electrons. The highest BCUT2D eigenvalue weighted by molar-refractivity contribution is 6.30. The molecule has 1 amide bonds. The fraction of sp³-hybridized carbons (Fsp3) is 0.500. The number of piperidine rings is 1. The third kappa shape index (κ3) is 4.27. The zero-order chi connectivity index (χ0) is 16.9. The van der Waals surface area contributed by atoms with Crippen molar-refractivity contribution in [2.24, 2.45) is 5.41 Å². The van der Waals surface area contributed by atoms with Crippen molar-refractivity contribution in [1.82, 2.24) is 4.90 Å². The second-order valence-corrected chi connectivity index (χ2v) is 6.49. The topological polar surface area (TPSA) is 49.8 Å². The Labute approximate surface area is 142 Å². The summed E-state index contributed by atoms with van der Waals surface area (Å²) in [6, 6.07) is 5.31. The fourth-order valence-electron chi connectivity index (χ4n) is 2.93. The number of aliphatic hydroxyl groups is 1. The van der Waals surface area contributed by atoms with Crippen LogP contribution < -0.4 is 4.74 Å². The minimum Gasteiger partial charge on any atom is -0.496 e. The number of rotatable bonds is 5. The summed E-state index contributed by atoms with van der Waals surface area (Å²) in [6.45, 7) is 3.66. The Bertz CT molecular complexity index is 572. The Morgan fingerprint density at radius 1 is 1.43 bits per heavy atom. The number of nitrogens with zero attached hydrogens (tertiary/aromatic N) is 1. The SMILES string of the molecule is CCC1(CO)CCN(C(=O)/C=C/c2cc(Cl)ccc2OC)CC1. The van der Waals surface area contributed by atoms with Gasteiger partial charge >= 0.3 is 0 Å². The molecule has 1 aromatic rings. The largest absolute Gasteiger partial charge is 0.496 e. The van der Waals surface area contributed by atoms with E-state index in [9.17, 15) is 9.90 Å². The van der Waals surface area contributed by atoms with Crippen molar-refractivity contribution in [3.05, 3.63) is 34.9 Å². The smallest absolute Gasteiger partial charge is 0.246 e. The van der Waals surface area contributed by atoms with Gasteiger partial charge in [-0.05, 0) is 49.0 Å². The fourth-order valence-corrected chi connectivity index (χ4v) is 3.11. The normalized spacial score (nSPS) is 17.5. The summed E-state index contributed by atoms with van der Waals surface area (Å²) in [5, 5.41) is 10.2. The van der Waals surface area contributed by atoms with E-state index < -0.39 is 0 Å². The van der Waals surface area contributed by atoms with E-state index in [2.05, 4.69) is 6.92 Å². The summed E-state index contributed by atoms with van der Waals surface area (Å²) in [5.74, 6) is 0.664. The molecule has 1 saturated heterocycles. The van der Waals surface area contributed by atoms with Gasteiger partial charge in [0.1, 0.15) is 5.75 Å². The quantitative estimate of drug-likeness (QED) is 0.838. The van der Waals surface area contributed by atoms with Gasteiger partial charge < -0.3 is 14.7 Å². The van der Waals surface area contributed by atoms with Crippen LogP contribution in [0, 0.1) is 5.41 Å². The lowest BCUT2D eigenvalue weighted by molar-refractivity contribution is -0.128. The maximum atomic E-state index is 12.3. The third-order valence-electron chi connectivity index (χ3n) is 4.82. The molecule has 0 aliphatic carbocycles. The number of carbonyl (C=O) groups excluding carboxylic acids is 1. The predicted octanol–water partition coefficient (Wildman–Crippen LogP) is 3.37. The van der Waals surface area contributed by atoms with E-state index in [4.69, 9.17) is 16.3 Å². The van der Waals surface area contributed by atoms with Crippen LogP contribution in [0.25, 0.3) is 6.08 Å². The molecule has 1 aromatic carbocycles. The summed E-state index contributed by atoms with van der Waals surface area (Å²) < 4.78 is 5.27. The molecular weight excluding hydrogens is 314 g/mol. The van der Waals surface area contributed by atoms with E-state index in [0.717, 1.165) is 24.8 Å². The van der Waals surface area contributed by atoms with Crippen LogP contribution in [-0.4, -0.2) is 42.7 Å². The molecule has 1 fully saturated rings. The van der Waals surface area contributed by atoms with Crippen LogP contribution in [0.2, 0.25) is 5.02 Å². The van der Waals surface area contributed by atoms with Gasteiger partial charge in [-0.15, -0.1) is 0 Å². The summed E-state index contributed by atoms with van der Waals surface area (Å²) in [7, 11) is 1.59. The van der Waals surface area contributed by atoms with E-state index >= 15 is 0 Å². The molecule has 1 heterocycles. The molecule has 5 heteroatoms. The van der Waals surface area contributed by atoms with E-state index in [0.29, 0.717) is 23.9 Å². The first kappa shape index (κ1) is 17.8. The molecule has 0 saturated carbocycles. The average molecular weight is 338 g/mol. The number of ether oxygens (including phenoxy) is 1. The van der Waals surface area contributed by atoms with E-state index in [1.54, 1.807) is 37.5 Å². The molecule has 1 aliphatic rings. The Balaban J connectivity index is 2.02. The highest BCUT2D eigenvalue weighted by atomic mass is 35.5. The number of benzene rings is 1. The Hall–Kier alpha value is -1.52. The van der Waals surface area contributed by atoms with Crippen molar-refractivity contribution in [2.75, 3.05) is 26.8 Å². The lowest BCUT2D eigenvalue weighted by atomic mass is 9.77. The van der Waals surface area contributed by atoms with Gasteiger partial charge in [-0.3, -0.25) is 4.79 Å². The van der Waals surface area contributed by atoms with Crippen LogP contribution in [0.4, 0.5) is 0 Å². The monoisotopic (exact) mass is 337 g/mol. The maximum Gasteiger partial charge on any atom is 0.246 e. The first-order chi connectivity index (χ1) is 11.0. The average Bonchev–Trinajstić information content (AvgIpc) is 2.60. The van der Waals surface area contributed by atoms with Gasteiger partial charge in [0.15, 0.2) is 0 Å². The van der Waals surface area contributed by atoms with E-state index in [1.807, 2.05) is 4.90 Å². The van der Waals surface area contributed by atoms with Gasteiger partial charge in [0, 0.05) is 36.4 Å². The van der Waals surface area contributed by atoms with E-state index in [1.165, 1.54) is 0 Å². The number of likely N-dealkylation sites (tertiary alicyclic amines) is 1. The summed E-state index contributed by atoms with van der Waals surface area (Å²) >= 11 is 5.99. The molecule has 0 atom stereocenters. The first-order valence-corrected chi connectivity index (χ1v) is 8.33. The second kappa shape index (κ2) is 7.84. The molecule has 126 valence electrons. The summed E-state index contributed by atoms with van der Waals surface area (Å²) in [6.07, 6.45) is 5.94. The first-order valence-electron chi connectivity index (χ1n) is 7.95. The number of methoxy groups -OCH3 is 1. The van der Waals surface area contributed by atoms with Gasteiger partial charge in [-0.2, -0.15) is 0 Å². The van der Waals surface area contributed by atoms with Crippen LogP contribution in [0.5, 0.6) is 5.75 Å². The van der Waals surface area contributed by atoms with Crippen LogP contribution >= 0.6 is 11.6 Å². The summed E-state index contributed by atoms with van der Waals surface area (Å²) in [5.41, 5.74) is 0.764. The van der Waals surface area contributed by atoms with Crippen LogP contribution in [0.1, 0.15) is 31.7 Å². The number of amides is 1. The summed E-state index contributed by atoms with van der Waals surface area (Å²) in [4.78, 5) is 14.2. The van der Waals surface area contributed by atoms with Crippen molar-refractivity contribution in [1.29, 1.82) is 0 Å². The number of hydrogen-bond donors (Lipinski definition) is 1. The number of aliphatic hydroxyl groups excluding tert-OH is 1. The number of halogens is 1. The molecule has 1 N–H and O–H groups in total. The number of hydrogen-bond acceptors (Lipinski definition) is 3.